The number of hydrogen-bond acceptors (Lipinski definition) is 3. The van der Waals surface area contributed by atoms with Crippen LogP contribution in [-0.4, -0.2) is 25.9 Å². The summed E-state index contributed by atoms with van der Waals surface area (Å²) in [4.78, 5) is 0. The fourth-order valence-electron chi connectivity index (χ4n) is 0.643. The highest BCUT2D eigenvalue weighted by atomic mass is 32.1. The summed E-state index contributed by atoms with van der Waals surface area (Å²) >= 11 is 3.73. The Labute approximate surface area is 59.9 Å². The minimum absolute atomic E-state index is 0.0590. The molecule has 1 saturated heterocycles. The molecule has 1 heterocycles. The van der Waals surface area contributed by atoms with Gasteiger partial charge in [-0.1, -0.05) is 18.5 Å². The van der Waals surface area contributed by atoms with E-state index >= 15 is 0 Å². The van der Waals surface area contributed by atoms with E-state index in [1.54, 1.807) is 0 Å². The first-order valence-corrected chi connectivity index (χ1v) is 3.22. The lowest BCUT2D eigenvalue weighted by atomic mass is 10.4. The van der Waals surface area contributed by atoms with Crippen LogP contribution >= 0.6 is 12.6 Å². The highest BCUT2D eigenvalue weighted by Gasteiger charge is 2.09. The van der Waals surface area contributed by atoms with Gasteiger partial charge in [-0.3, -0.25) is 0 Å². The van der Waals surface area contributed by atoms with Crippen LogP contribution in [0.4, 0.5) is 0 Å². The Morgan fingerprint density at radius 1 is 1.44 bits per heavy atom. The molecule has 0 radical (unpaired) electrons. The van der Waals surface area contributed by atoms with Crippen molar-refractivity contribution < 1.29 is 9.47 Å². The minimum Gasteiger partial charge on any atom is -0.375 e. The summed E-state index contributed by atoms with van der Waals surface area (Å²) in [6.45, 7) is 1.91. The van der Waals surface area contributed by atoms with Crippen molar-refractivity contribution in [2.45, 2.75) is 6.10 Å². The zero-order valence-electron chi connectivity index (χ0n) is 4.96. The molecule has 0 N–H and O–H groups in total. The quantitative estimate of drug-likeness (QED) is 0.389. The second kappa shape index (κ2) is 3.78. The molecule has 0 bridgehead atoms. The average molecular weight is 144 g/mol. The first-order valence-electron chi connectivity index (χ1n) is 2.77. The van der Waals surface area contributed by atoms with Gasteiger partial charge >= 0.3 is 0 Å². The van der Waals surface area contributed by atoms with Gasteiger partial charge < -0.3 is 9.47 Å². The lowest BCUT2D eigenvalue weighted by Crippen LogP contribution is -2.26. The van der Waals surface area contributed by atoms with Crippen LogP contribution in [0, 0.1) is 11.2 Å². The van der Waals surface area contributed by atoms with Gasteiger partial charge in [-0.05, 0) is 5.25 Å². The van der Waals surface area contributed by atoms with Crippen LogP contribution in [0.25, 0.3) is 0 Å². The summed E-state index contributed by atoms with van der Waals surface area (Å²) in [7, 11) is 0. The molecular formula is C6H8O2S. The maximum atomic E-state index is 5.17. The third-order valence-electron chi connectivity index (χ3n) is 1.04. The van der Waals surface area contributed by atoms with E-state index in [1.807, 2.05) is 0 Å². The molecule has 0 saturated carbocycles. The number of thiol groups is 1. The second-order valence-electron chi connectivity index (χ2n) is 1.69. The molecule has 1 aliphatic heterocycles. The molecule has 1 rings (SSSR count). The van der Waals surface area contributed by atoms with Crippen LogP contribution in [0.2, 0.25) is 0 Å². The molecule has 0 aliphatic carbocycles. The zero-order chi connectivity index (χ0) is 6.53. The molecule has 0 aromatic carbocycles. The molecule has 0 spiro atoms. The van der Waals surface area contributed by atoms with Gasteiger partial charge in [0.05, 0.1) is 19.8 Å². The van der Waals surface area contributed by atoms with Crippen molar-refractivity contribution >= 4 is 12.6 Å². The van der Waals surface area contributed by atoms with Crippen molar-refractivity contribution in [1.82, 2.24) is 0 Å². The van der Waals surface area contributed by atoms with E-state index in [0.717, 1.165) is 0 Å². The van der Waals surface area contributed by atoms with Gasteiger partial charge in [0, 0.05) is 0 Å². The van der Waals surface area contributed by atoms with Crippen molar-refractivity contribution in [1.29, 1.82) is 0 Å². The summed E-state index contributed by atoms with van der Waals surface area (Å²) < 4.78 is 10.2. The number of hydrogen-bond donors (Lipinski definition) is 1. The van der Waals surface area contributed by atoms with Gasteiger partial charge in [-0.15, -0.1) is 0 Å². The Balaban J connectivity index is 2.28. The number of rotatable bonds is 0. The van der Waals surface area contributed by atoms with Crippen LogP contribution in [0.3, 0.4) is 0 Å². The van der Waals surface area contributed by atoms with Gasteiger partial charge in [0.25, 0.3) is 0 Å². The molecule has 0 amide bonds. The van der Waals surface area contributed by atoms with Gasteiger partial charge in [0.15, 0.2) is 0 Å². The molecule has 9 heavy (non-hydrogen) atoms. The topological polar surface area (TPSA) is 18.5 Å². The summed E-state index contributed by atoms with van der Waals surface area (Å²) in [6, 6.07) is 0. The lowest BCUT2D eigenvalue weighted by molar-refractivity contribution is -0.0635. The summed E-state index contributed by atoms with van der Waals surface area (Å²) in [5, 5.41) is 2.48. The van der Waals surface area contributed by atoms with Crippen LogP contribution in [0.15, 0.2) is 0 Å². The van der Waals surface area contributed by atoms with Gasteiger partial charge in [0.1, 0.15) is 6.10 Å². The van der Waals surface area contributed by atoms with E-state index in [4.69, 9.17) is 9.47 Å². The van der Waals surface area contributed by atoms with Crippen LogP contribution in [0.1, 0.15) is 0 Å². The Morgan fingerprint density at radius 3 is 2.89 bits per heavy atom. The third-order valence-corrected chi connectivity index (χ3v) is 1.17. The summed E-state index contributed by atoms with van der Waals surface area (Å²) in [6.07, 6.45) is -0.0590. The number of ether oxygens (including phenoxy) is 2. The van der Waals surface area contributed by atoms with Crippen molar-refractivity contribution in [3.8, 4) is 11.2 Å². The highest BCUT2D eigenvalue weighted by Crippen LogP contribution is 1.98. The monoisotopic (exact) mass is 144 g/mol. The standard InChI is InChI=1S/C6H8O2S/c9-4-1-6-5-7-2-3-8-6/h6,9H,2-3,5H2. The molecule has 3 heteroatoms. The fourth-order valence-corrected chi connectivity index (χ4v) is 0.787. The first-order chi connectivity index (χ1) is 4.43. The van der Waals surface area contributed by atoms with Crippen LogP contribution in [0.5, 0.6) is 0 Å². The summed E-state index contributed by atoms with van der Waals surface area (Å²) in [5.74, 6) is 2.75. The second-order valence-corrected chi connectivity index (χ2v) is 1.91. The predicted octanol–water partition coefficient (Wildman–Crippen LogP) is 0.293. The van der Waals surface area contributed by atoms with E-state index in [-0.39, 0.29) is 6.10 Å². The van der Waals surface area contributed by atoms with Crippen LogP contribution in [-0.2, 0) is 9.47 Å². The fraction of sp³-hybridized carbons (Fsp3) is 0.667. The molecule has 1 aliphatic rings. The van der Waals surface area contributed by atoms with E-state index in [0.29, 0.717) is 19.8 Å². The SMILES string of the molecule is SC#CC1COCCO1. The first kappa shape index (κ1) is 6.94. The van der Waals surface area contributed by atoms with Gasteiger partial charge in [-0.2, -0.15) is 0 Å². The molecule has 1 unspecified atom stereocenters. The van der Waals surface area contributed by atoms with E-state index in [2.05, 4.69) is 23.8 Å². The Morgan fingerprint density at radius 2 is 2.33 bits per heavy atom. The third kappa shape index (κ3) is 2.27. The van der Waals surface area contributed by atoms with E-state index in [9.17, 15) is 0 Å². The molecule has 0 aromatic heterocycles. The Kier molecular flexibility index (Phi) is 2.92. The predicted molar refractivity (Wildman–Crippen MR) is 37.3 cm³/mol. The zero-order valence-corrected chi connectivity index (χ0v) is 5.86. The minimum atomic E-state index is -0.0590. The Bertz CT molecular complexity index is 130. The molecule has 1 atom stereocenters. The van der Waals surface area contributed by atoms with Crippen molar-refractivity contribution in [2.24, 2.45) is 0 Å². The average Bonchev–Trinajstić information content (AvgIpc) is 1.91. The van der Waals surface area contributed by atoms with Crippen molar-refractivity contribution in [2.75, 3.05) is 19.8 Å². The molecule has 0 aromatic rings. The summed E-state index contributed by atoms with van der Waals surface area (Å²) in [5.41, 5.74) is 0. The van der Waals surface area contributed by atoms with E-state index in [1.165, 1.54) is 0 Å². The Hall–Kier alpha value is -0.170. The molecule has 2 nitrogen and oxygen atoms in total. The largest absolute Gasteiger partial charge is 0.375 e. The maximum Gasteiger partial charge on any atom is 0.142 e. The van der Waals surface area contributed by atoms with Crippen LogP contribution < -0.4 is 0 Å². The molecular weight excluding hydrogens is 136 g/mol. The maximum absolute atomic E-state index is 5.17. The van der Waals surface area contributed by atoms with Gasteiger partial charge in [0.2, 0.25) is 0 Å². The van der Waals surface area contributed by atoms with Gasteiger partial charge in [-0.25, -0.2) is 0 Å². The smallest absolute Gasteiger partial charge is 0.142 e. The lowest BCUT2D eigenvalue weighted by Gasteiger charge is -2.17. The molecule has 50 valence electrons. The highest BCUT2D eigenvalue weighted by molar-refractivity contribution is 7.85. The van der Waals surface area contributed by atoms with Crippen molar-refractivity contribution in [3.05, 3.63) is 0 Å². The normalized spacial score (nSPS) is 26.6. The van der Waals surface area contributed by atoms with Crippen molar-refractivity contribution in [3.63, 3.8) is 0 Å². The molecule has 1 fully saturated rings. The van der Waals surface area contributed by atoms with E-state index < -0.39 is 0 Å².